The molecule has 0 bridgehead atoms. The molecule has 0 spiro atoms. The Morgan fingerprint density at radius 3 is 2.64 bits per heavy atom. The van der Waals surface area contributed by atoms with Crippen LogP contribution in [0, 0.1) is 5.92 Å². The molecule has 0 aromatic heterocycles. The summed E-state index contributed by atoms with van der Waals surface area (Å²) in [6, 6.07) is 0.505. The number of amides is 1. The quantitative estimate of drug-likeness (QED) is 0.422. The van der Waals surface area contributed by atoms with E-state index in [0.29, 0.717) is 6.04 Å². The minimum absolute atomic E-state index is 0.106. The molecule has 1 saturated carbocycles. The van der Waals surface area contributed by atoms with E-state index >= 15 is 0 Å². The van der Waals surface area contributed by atoms with Gasteiger partial charge in [0.05, 0.1) is 6.54 Å². The van der Waals surface area contributed by atoms with Gasteiger partial charge in [0.2, 0.25) is 5.91 Å². The maximum atomic E-state index is 12.4. The van der Waals surface area contributed by atoms with E-state index in [4.69, 9.17) is 9.73 Å². The van der Waals surface area contributed by atoms with Gasteiger partial charge in [0.25, 0.3) is 0 Å². The smallest absolute Gasteiger partial charge is 0.223 e. The average molecular weight is 413 g/mol. The molecular weight excluding hydrogens is 372 g/mol. The Morgan fingerprint density at radius 1 is 1.25 bits per heavy atom. The summed E-state index contributed by atoms with van der Waals surface area (Å²) < 4.78 is 5.77. The first-order chi connectivity index (χ1) is 13.5. The third kappa shape index (κ3) is 7.47. The first-order valence-electron chi connectivity index (χ1n) is 11.0. The molecule has 0 radical (unpaired) electrons. The number of thioether (sulfide) groups is 1. The predicted molar refractivity (Wildman–Crippen MR) is 119 cm³/mol. The Kier molecular flexibility index (Phi) is 9.92. The lowest BCUT2D eigenvalue weighted by molar-refractivity contribution is -0.126. The summed E-state index contributed by atoms with van der Waals surface area (Å²) in [7, 11) is 0. The first-order valence-corrected chi connectivity index (χ1v) is 12.0. The fourth-order valence-corrected chi connectivity index (χ4v) is 5.32. The van der Waals surface area contributed by atoms with E-state index < -0.39 is 0 Å². The van der Waals surface area contributed by atoms with Crippen LogP contribution in [0.2, 0.25) is 0 Å². The van der Waals surface area contributed by atoms with E-state index in [1.54, 1.807) is 0 Å². The van der Waals surface area contributed by atoms with Gasteiger partial charge in [0, 0.05) is 42.5 Å². The molecule has 1 aliphatic heterocycles. The van der Waals surface area contributed by atoms with Gasteiger partial charge in [0.1, 0.15) is 0 Å². The van der Waals surface area contributed by atoms with Crippen LogP contribution in [0.5, 0.6) is 0 Å². The van der Waals surface area contributed by atoms with Crippen molar-refractivity contribution in [3.8, 4) is 0 Å². The molecule has 6 nitrogen and oxygen atoms in total. The minimum atomic E-state index is 0.106. The van der Waals surface area contributed by atoms with Crippen molar-refractivity contribution in [3.05, 3.63) is 0 Å². The number of nitrogens with zero attached hydrogens (tertiary/aromatic N) is 1. The van der Waals surface area contributed by atoms with Gasteiger partial charge in [-0.2, -0.15) is 11.8 Å². The van der Waals surface area contributed by atoms with Gasteiger partial charge in [-0.25, -0.2) is 0 Å². The van der Waals surface area contributed by atoms with Crippen LogP contribution < -0.4 is 16.0 Å². The van der Waals surface area contributed by atoms with Crippen LogP contribution in [0.1, 0.15) is 66.2 Å². The molecule has 3 N–H and O–H groups in total. The summed E-state index contributed by atoms with van der Waals surface area (Å²) in [5, 5.41) is 10.1. The van der Waals surface area contributed by atoms with E-state index in [1.165, 1.54) is 0 Å². The number of hydrogen-bond donors (Lipinski definition) is 3. The highest BCUT2D eigenvalue weighted by Gasteiger charge is 2.33. The fraction of sp³-hybridized carbons (Fsp3) is 0.905. The maximum Gasteiger partial charge on any atom is 0.223 e. The van der Waals surface area contributed by atoms with Crippen LogP contribution in [0.25, 0.3) is 0 Å². The SMILES string of the molecule is CCNC(=NCC1(SCC)CCOCC1)NC1CCCC(C(=O)NC(C)C)C1. The third-order valence-corrected chi connectivity index (χ3v) is 6.98. The van der Waals surface area contributed by atoms with E-state index in [0.717, 1.165) is 76.5 Å². The van der Waals surface area contributed by atoms with Gasteiger partial charge < -0.3 is 20.7 Å². The van der Waals surface area contributed by atoms with E-state index in [9.17, 15) is 4.79 Å². The Labute approximate surface area is 175 Å². The molecular formula is C21H40N4O2S. The van der Waals surface area contributed by atoms with Crippen LogP contribution in [0.3, 0.4) is 0 Å². The van der Waals surface area contributed by atoms with E-state index in [1.807, 2.05) is 25.6 Å². The molecule has 2 rings (SSSR count). The number of guanidine groups is 1. The number of aliphatic imine (C=N–C) groups is 1. The van der Waals surface area contributed by atoms with Gasteiger partial charge in [-0.15, -0.1) is 0 Å². The summed E-state index contributed by atoms with van der Waals surface area (Å²) in [5.74, 6) is 2.30. The molecule has 28 heavy (non-hydrogen) atoms. The molecule has 2 aliphatic rings. The average Bonchev–Trinajstić information content (AvgIpc) is 2.67. The maximum absolute atomic E-state index is 12.4. The lowest BCUT2D eigenvalue weighted by atomic mass is 9.85. The highest BCUT2D eigenvalue weighted by atomic mass is 32.2. The highest BCUT2D eigenvalue weighted by molar-refractivity contribution is 8.00. The van der Waals surface area contributed by atoms with Crippen molar-refractivity contribution in [3.63, 3.8) is 0 Å². The molecule has 162 valence electrons. The third-order valence-electron chi connectivity index (χ3n) is 5.54. The number of nitrogens with one attached hydrogen (secondary N) is 3. The number of ether oxygens (including phenoxy) is 1. The second-order valence-electron chi connectivity index (χ2n) is 8.29. The molecule has 1 saturated heterocycles. The van der Waals surface area contributed by atoms with Crippen molar-refractivity contribution in [2.45, 2.75) is 83.1 Å². The second-order valence-corrected chi connectivity index (χ2v) is 10.0. The predicted octanol–water partition coefficient (Wildman–Crippen LogP) is 2.93. The molecule has 2 unspecified atom stereocenters. The Hall–Kier alpha value is -0.950. The zero-order valence-corrected chi connectivity index (χ0v) is 19.0. The fourth-order valence-electron chi connectivity index (χ4n) is 4.10. The summed E-state index contributed by atoms with van der Waals surface area (Å²) >= 11 is 2.02. The second kappa shape index (κ2) is 11.9. The molecule has 1 amide bonds. The molecule has 0 aromatic carbocycles. The number of carbonyl (C=O) groups excluding carboxylic acids is 1. The summed E-state index contributed by atoms with van der Waals surface area (Å²) in [5.41, 5.74) is 0. The Bertz CT molecular complexity index is 501. The standard InChI is InChI=1S/C21H40N4O2S/c1-5-22-20(23-15-21(28-6-2)10-12-27-13-11-21)25-18-9-7-8-17(14-18)19(26)24-16(3)4/h16-18H,5-15H2,1-4H3,(H,24,26)(H2,22,23,25). The lowest BCUT2D eigenvalue weighted by Crippen LogP contribution is -2.48. The van der Waals surface area contributed by atoms with Gasteiger partial charge in [0.15, 0.2) is 5.96 Å². The Balaban J connectivity index is 1.96. The molecule has 1 heterocycles. The van der Waals surface area contributed by atoms with Crippen LogP contribution in [0.15, 0.2) is 4.99 Å². The minimum Gasteiger partial charge on any atom is -0.381 e. The van der Waals surface area contributed by atoms with E-state index in [-0.39, 0.29) is 22.6 Å². The summed E-state index contributed by atoms with van der Waals surface area (Å²) in [4.78, 5) is 17.4. The van der Waals surface area contributed by atoms with E-state index in [2.05, 4.69) is 29.8 Å². The van der Waals surface area contributed by atoms with Crippen molar-refractivity contribution in [2.24, 2.45) is 10.9 Å². The molecule has 0 aromatic rings. The Morgan fingerprint density at radius 2 is 2.00 bits per heavy atom. The molecule has 1 aliphatic carbocycles. The summed E-state index contributed by atoms with van der Waals surface area (Å²) in [6.07, 6.45) is 6.18. The van der Waals surface area contributed by atoms with Gasteiger partial charge >= 0.3 is 0 Å². The monoisotopic (exact) mass is 412 g/mol. The summed E-state index contributed by atoms with van der Waals surface area (Å²) in [6.45, 7) is 11.7. The lowest BCUT2D eigenvalue weighted by Gasteiger charge is -2.35. The molecule has 2 fully saturated rings. The van der Waals surface area contributed by atoms with Gasteiger partial charge in [-0.1, -0.05) is 13.3 Å². The van der Waals surface area contributed by atoms with Crippen LogP contribution >= 0.6 is 11.8 Å². The zero-order valence-electron chi connectivity index (χ0n) is 18.2. The van der Waals surface area contributed by atoms with Crippen molar-refractivity contribution in [2.75, 3.05) is 32.1 Å². The van der Waals surface area contributed by atoms with Crippen LogP contribution in [-0.2, 0) is 9.53 Å². The highest BCUT2D eigenvalue weighted by Crippen LogP contribution is 2.35. The topological polar surface area (TPSA) is 74.8 Å². The molecule has 7 heteroatoms. The van der Waals surface area contributed by atoms with Crippen molar-refractivity contribution in [1.29, 1.82) is 0 Å². The van der Waals surface area contributed by atoms with Crippen LogP contribution in [-0.4, -0.2) is 60.8 Å². The number of rotatable bonds is 8. The normalized spacial score (nSPS) is 25.4. The molecule has 2 atom stereocenters. The first kappa shape index (κ1) is 23.3. The van der Waals surface area contributed by atoms with Crippen molar-refractivity contribution >= 4 is 23.6 Å². The van der Waals surface area contributed by atoms with Crippen molar-refractivity contribution in [1.82, 2.24) is 16.0 Å². The van der Waals surface area contributed by atoms with Gasteiger partial charge in [-0.3, -0.25) is 9.79 Å². The largest absolute Gasteiger partial charge is 0.381 e. The van der Waals surface area contributed by atoms with Crippen molar-refractivity contribution < 1.29 is 9.53 Å². The zero-order chi connectivity index (χ0) is 20.4. The number of carbonyl (C=O) groups is 1. The van der Waals surface area contributed by atoms with Gasteiger partial charge in [-0.05, 0) is 58.6 Å². The number of hydrogen-bond acceptors (Lipinski definition) is 4. The van der Waals surface area contributed by atoms with Crippen LogP contribution in [0.4, 0.5) is 0 Å².